The minimum atomic E-state index is -3.22. The van der Waals surface area contributed by atoms with Gasteiger partial charge >= 0.3 is 0 Å². The van der Waals surface area contributed by atoms with Crippen molar-refractivity contribution in [2.45, 2.75) is 30.8 Å². The summed E-state index contributed by atoms with van der Waals surface area (Å²) in [7, 11) is -3.22. The first-order valence-corrected chi connectivity index (χ1v) is 12.3. The van der Waals surface area contributed by atoms with Gasteiger partial charge in [0.2, 0.25) is 5.95 Å². The largest absolute Gasteiger partial charge is 0.489 e. The van der Waals surface area contributed by atoms with Crippen molar-refractivity contribution in [2.24, 2.45) is 5.92 Å². The van der Waals surface area contributed by atoms with E-state index in [0.29, 0.717) is 17.6 Å². The van der Waals surface area contributed by atoms with Gasteiger partial charge in [0, 0.05) is 24.9 Å². The van der Waals surface area contributed by atoms with Crippen LogP contribution in [0.1, 0.15) is 19.8 Å². The fraction of sp³-hybridized carbons (Fsp3) is 0.348. The molecule has 0 radical (unpaired) electrons. The van der Waals surface area contributed by atoms with Gasteiger partial charge in [-0.15, -0.1) is 0 Å². The summed E-state index contributed by atoms with van der Waals surface area (Å²) in [6.07, 6.45) is 7.15. The SMILES string of the molecule is C[C@@H](Oc1ccc(-c2ccc(S(C)(=O)=O)cc2)nc1)C1CCN(c2ncc(F)cn2)CC1. The Morgan fingerprint density at radius 2 is 1.66 bits per heavy atom. The highest BCUT2D eigenvalue weighted by Crippen LogP contribution is 2.27. The molecule has 0 unspecified atom stereocenters. The van der Waals surface area contributed by atoms with E-state index in [1.165, 1.54) is 18.6 Å². The Labute approximate surface area is 187 Å². The first-order valence-electron chi connectivity index (χ1n) is 10.5. The van der Waals surface area contributed by atoms with E-state index in [1.807, 2.05) is 12.1 Å². The third-order valence-electron chi connectivity index (χ3n) is 5.73. The quantitative estimate of drug-likeness (QED) is 0.558. The van der Waals surface area contributed by atoms with Crippen molar-refractivity contribution in [1.82, 2.24) is 15.0 Å². The summed E-state index contributed by atoms with van der Waals surface area (Å²) in [5.74, 6) is 1.20. The zero-order chi connectivity index (χ0) is 22.7. The molecule has 1 fully saturated rings. The fourth-order valence-electron chi connectivity index (χ4n) is 3.84. The van der Waals surface area contributed by atoms with E-state index in [1.54, 1.807) is 30.5 Å². The average Bonchev–Trinajstić information content (AvgIpc) is 2.80. The second-order valence-corrected chi connectivity index (χ2v) is 10.0. The minimum absolute atomic E-state index is 0.0213. The first-order chi connectivity index (χ1) is 15.3. The van der Waals surface area contributed by atoms with E-state index in [9.17, 15) is 12.8 Å². The molecule has 1 aliphatic rings. The van der Waals surface area contributed by atoms with Crippen molar-refractivity contribution in [3.63, 3.8) is 0 Å². The minimum Gasteiger partial charge on any atom is -0.489 e. The Morgan fingerprint density at radius 3 is 2.22 bits per heavy atom. The van der Waals surface area contributed by atoms with Crippen molar-refractivity contribution >= 4 is 15.8 Å². The predicted molar refractivity (Wildman–Crippen MR) is 120 cm³/mol. The number of aromatic nitrogens is 3. The third kappa shape index (κ3) is 5.21. The molecular weight excluding hydrogens is 431 g/mol. The van der Waals surface area contributed by atoms with Crippen molar-refractivity contribution in [1.29, 1.82) is 0 Å². The number of sulfone groups is 1. The van der Waals surface area contributed by atoms with Crippen LogP contribution in [0.3, 0.4) is 0 Å². The molecule has 1 aromatic carbocycles. The van der Waals surface area contributed by atoms with Gasteiger partial charge in [-0.3, -0.25) is 4.98 Å². The molecule has 1 aliphatic heterocycles. The maximum atomic E-state index is 13.0. The lowest BCUT2D eigenvalue weighted by atomic mass is 9.92. The van der Waals surface area contributed by atoms with E-state index in [0.717, 1.165) is 37.2 Å². The zero-order valence-electron chi connectivity index (χ0n) is 18.0. The average molecular weight is 457 g/mol. The van der Waals surface area contributed by atoms with Gasteiger partial charge in [-0.25, -0.2) is 22.8 Å². The topological polar surface area (TPSA) is 85.3 Å². The number of nitrogens with zero attached hydrogens (tertiary/aromatic N) is 4. The molecule has 0 spiro atoms. The van der Waals surface area contributed by atoms with Crippen LogP contribution < -0.4 is 9.64 Å². The molecule has 7 nitrogen and oxygen atoms in total. The molecule has 1 atom stereocenters. The van der Waals surface area contributed by atoms with Crippen LogP contribution in [0.5, 0.6) is 5.75 Å². The van der Waals surface area contributed by atoms with Crippen LogP contribution in [0.2, 0.25) is 0 Å². The number of benzene rings is 1. The number of pyridine rings is 1. The molecule has 168 valence electrons. The Bertz CT molecular complexity index is 1150. The van der Waals surface area contributed by atoms with Gasteiger partial charge in [-0.2, -0.15) is 0 Å². The van der Waals surface area contributed by atoms with Crippen LogP contribution in [0, 0.1) is 11.7 Å². The van der Waals surface area contributed by atoms with Crippen LogP contribution in [-0.4, -0.2) is 48.8 Å². The molecule has 3 heterocycles. The summed E-state index contributed by atoms with van der Waals surface area (Å²) >= 11 is 0. The molecule has 9 heteroatoms. The molecule has 0 bridgehead atoms. The highest BCUT2D eigenvalue weighted by molar-refractivity contribution is 7.90. The van der Waals surface area contributed by atoms with Crippen molar-refractivity contribution in [3.05, 3.63) is 60.8 Å². The fourth-order valence-corrected chi connectivity index (χ4v) is 4.47. The summed E-state index contributed by atoms with van der Waals surface area (Å²) in [5, 5.41) is 0. The van der Waals surface area contributed by atoms with Gasteiger partial charge in [0.1, 0.15) is 5.75 Å². The lowest BCUT2D eigenvalue weighted by Gasteiger charge is -2.34. The van der Waals surface area contributed by atoms with Crippen LogP contribution in [0.15, 0.2) is 59.9 Å². The smallest absolute Gasteiger partial charge is 0.225 e. The Kier molecular flexibility index (Phi) is 6.36. The first kappa shape index (κ1) is 22.1. The highest BCUT2D eigenvalue weighted by Gasteiger charge is 2.26. The Hall–Kier alpha value is -3.07. The van der Waals surface area contributed by atoms with Gasteiger partial charge in [-0.05, 0) is 49.9 Å². The Balaban J connectivity index is 1.33. The van der Waals surface area contributed by atoms with Crippen LogP contribution >= 0.6 is 0 Å². The van der Waals surface area contributed by atoms with E-state index in [2.05, 4.69) is 26.8 Å². The van der Waals surface area contributed by atoms with Crippen molar-refractivity contribution in [2.75, 3.05) is 24.2 Å². The number of anilines is 1. The summed E-state index contributed by atoms with van der Waals surface area (Å²) in [5.41, 5.74) is 1.59. The number of ether oxygens (including phenoxy) is 1. The van der Waals surface area contributed by atoms with E-state index in [-0.39, 0.29) is 11.0 Å². The lowest BCUT2D eigenvalue weighted by Crippen LogP contribution is -2.39. The third-order valence-corrected chi connectivity index (χ3v) is 6.86. The van der Waals surface area contributed by atoms with Crippen LogP contribution in [0.25, 0.3) is 11.3 Å². The van der Waals surface area contributed by atoms with Gasteiger partial charge < -0.3 is 9.64 Å². The van der Waals surface area contributed by atoms with Crippen LogP contribution in [0.4, 0.5) is 10.3 Å². The van der Waals surface area contributed by atoms with Gasteiger partial charge in [0.25, 0.3) is 0 Å². The maximum Gasteiger partial charge on any atom is 0.225 e. The standard InChI is InChI=1S/C23H25FN4O3S/c1-16(17-9-11-28(12-10-17)23-26-13-19(24)14-27-23)31-20-5-8-22(25-15-20)18-3-6-21(7-4-18)32(2,29)30/h3-8,13-17H,9-12H2,1-2H3/t16-/m1/s1. The zero-order valence-corrected chi connectivity index (χ0v) is 18.8. The molecular formula is C23H25FN4O3S. The maximum absolute atomic E-state index is 13.0. The number of halogens is 1. The van der Waals surface area contributed by atoms with Crippen molar-refractivity contribution in [3.8, 4) is 17.0 Å². The lowest BCUT2D eigenvalue weighted by molar-refractivity contribution is 0.132. The highest BCUT2D eigenvalue weighted by atomic mass is 32.2. The molecule has 3 aromatic rings. The molecule has 0 saturated carbocycles. The summed E-state index contributed by atoms with van der Waals surface area (Å²) in [6, 6.07) is 10.4. The summed E-state index contributed by atoms with van der Waals surface area (Å²) in [6.45, 7) is 3.65. The van der Waals surface area contributed by atoms with Crippen LogP contribution in [-0.2, 0) is 9.84 Å². The number of hydrogen-bond donors (Lipinski definition) is 0. The molecule has 2 aromatic heterocycles. The number of hydrogen-bond acceptors (Lipinski definition) is 7. The monoisotopic (exact) mass is 456 g/mol. The van der Waals surface area contributed by atoms with Gasteiger partial charge in [-0.1, -0.05) is 12.1 Å². The Morgan fingerprint density at radius 1 is 1.00 bits per heavy atom. The number of rotatable bonds is 6. The molecule has 4 rings (SSSR count). The van der Waals surface area contributed by atoms with Crippen molar-refractivity contribution < 1.29 is 17.5 Å². The molecule has 32 heavy (non-hydrogen) atoms. The molecule has 0 aliphatic carbocycles. The van der Waals surface area contributed by atoms with Gasteiger partial charge in [0.05, 0.1) is 35.3 Å². The molecule has 0 amide bonds. The summed E-state index contributed by atoms with van der Waals surface area (Å²) in [4.78, 5) is 14.9. The predicted octanol–water partition coefficient (Wildman–Crippen LogP) is 3.77. The van der Waals surface area contributed by atoms with Gasteiger partial charge in [0.15, 0.2) is 15.7 Å². The normalized spacial score (nSPS) is 16.0. The van der Waals surface area contributed by atoms with E-state index < -0.39 is 15.7 Å². The number of piperidine rings is 1. The summed E-state index contributed by atoms with van der Waals surface area (Å²) < 4.78 is 42.4. The molecule has 1 saturated heterocycles. The van der Waals surface area contributed by atoms with E-state index >= 15 is 0 Å². The molecule has 0 N–H and O–H groups in total. The van der Waals surface area contributed by atoms with E-state index in [4.69, 9.17) is 4.74 Å². The second-order valence-electron chi connectivity index (χ2n) is 8.02. The second kappa shape index (κ2) is 9.20.